The molecule has 0 saturated carbocycles. The third-order valence-electron chi connectivity index (χ3n) is 3.66. The summed E-state index contributed by atoms with van der Waals surface area (Å²) in [5.74, 6) is 0.689. The van der Waals surface area contributed by atoms with Gasteiger partial charge in [0.1, 0.15) is 5.75 Å². The Bertz CT molecular complexity index is 1020. The summed E-state index contributed by atoms with van der Waals surface area (Å²) < 4.78 is 3.28. The topological polar surface area (TPSA) is 69.4 Å². The Labute approximate surface area is 172 Å². The van der Waals surface area contributed by atoms with E-state index in [0.717, 1.165) is 15.7 Å². The van der Waals surface area contributed by atoms with E-state index >= 15 is 0 Å². The summed E-state index contributed by atoms with van der Waals surface area (Å²) in [6.45, 7) is 0. The molecule has 0 atom stereocenters. The summed E-state index contributed by atoms with van der Waals surface area (Å²) in [6, 6.07) is 11.4. The van der Waals surface area contributed by atoms with Gasteiger partial charge in [-0.15, -0.1) is 0 Å². The first-order valence-electron chi connectivity index (χ1n) is 7.54. The highest BCUT2D eigenvalue weighted by atomic mass is 79.9. The molecular formula is C17H15Br2N5OS. The molecule has 0 aliphatic carbocycles. The summed E-state index contributed by atoms with van der Waals surface area (Å²) in [5.41, 5.74) is 2.50. The van der Waals surface area contributed by atoms with Gasteiger partial charge in [0.2, 0.25) is 4.77 Å². The van der Waals surface area contributed by atoms with Crippen LogP contribution < -0.4 is 4.90 Å². The van der Waals surface area contributed by atoms with Crippen molar-refractivity contribution >= 4 is 56.0 Å². The molecule has 6 nitrogen and oxygen atoms in total. The van der Waals surface area contributed by atoms with Crippen molar-refractivity contribution in [2.24, 2.45) is 5.10 Å². The van der Waals surface area contributed by atoms with Crippen LogP contribution in [-0.4, -0.2) is 40.3 Å². The maximum absolute atomic E-state index is 10.2. The molecule has 2 N–H and O–H groups in total. The maximum Gasteiger partial charge on any atom is 0.216 e. The Hall–Kier alpha value is -1.97. The van der Waals surface area contributed by atoms with Gasteiger partial charge in [-0.1, -0.05) is 15.9 Å². The highest BCUT2D eigenvalue weighted by Gasteiger charge is 2.10. The van der Waals surface area contributed by atoms with Crippen molar-refractivity contribution in [2.75, 3.05) is 19.0 Å². The average molecular weight is 497 g/mol. The molecule has 0 unspecified atom stereocenters. The number of nitrogens with one attached hydrogen (secondary N) is 1. The van der Waals surface area contributed by atoms with Gasteiger partial charge < -0.3 is 10.0 Å². The first-order valence-corrected chi connectivity index (χ1v) is 9.54. The minimum atomic E-state index is 0.101. The SMILES string of the molecule is CN(C)c1ccc(-c2n[nH]c(=S)n2/N=C/c2cc(Br)cc(Br)c2O)cc1. The second kappa shape index (κ2) is 7.73. The first-order chi connectivity index (χ1) is 12.4. The number of benzene rings is 2. The fourth-order valence-electron chi connectivity index (χ4n) is 2.30. The van der Waals surface area contributed by atoms with Gasteiger partial charge in [-0.3, -0.25) is 0 Å². The van der Waals surface area contributed by atoms with Gasteiger partial charge in [-0.25, -0.2) is 5.10 Å². The van der Waals surface area contributed by atoms with Gasteiger partial charge >= 0.3 is 0 Å². The van der Waals surface area contributed by atoms with E-state index in [1.807, 2.05) is 43.3 Å². The number of halogens is 2. The van der Waals surface area contributed by atoms with Crippen LogP contribution in [0, 0.1) is 4.77 Å². The number of aromatic nitrogens is 3. The highest BCUT2D eigenvalue weighted by molar-refractivity contribution is 9.11. The van der Waals surface area contributed by atoms with Crippen molar-refractivity contribution in [1.82, 2.24) is 14.9 Å². The molecule has 26 heavy (non-hydrogen) atoms. The Morgan fingerprint density at radius 2 is 1.92 bits per heavy atom. The van der Waals surface area contributed by atoms with E-state index in [1.165, 1.54) is 10.9 Å². The van der Waals surface area contributed by atoms with Crippen molar-refractivity contribution in [3.05, 3.63) is 55.7 Å². The molecule has 1 heterocycles. The van der Waals surface area contributed by atoms with Gasteiger partial charge in [0.05, 0.1) is 10.7 Å². The summed E-state index contributed by atoms with van der Waals surface area (Å²) >= 11 is 12.0. The van der Waals surface area contributed by atoms with E-state index in [-0.39, 0.29) is 5.75 Å². The number of aromatic amines is 1. The standard InChI is InChI=1S/C17H15Br2N5OS/c1-23(2)13-5-3-10(4-6-13)16-21-22-17(26)24(16)20-9-11-7-12(18)8-14(19)15(11)25/h3-9,25H,1-2H3,(H,22,26)/b20-9+. The fourth-order valence-corrected chi connectivity index (χ4v) is 3.74. The van der Waals surface area contributed by atoms with Gasteiger partial charge in [0.15, 0.2) is 5.82 Å². The van der Waals surface area contributed by atoms with E-state index < -0.39 is 0 Å². The molecule has 3 rings (SSSR count). The van der Waals surface area contributed by atoms with E-state index in [0.29, 0.717) is 20.6 Å². The van der Waals surface area contributed by atoms with Crippen LogP contribution in [0.5, 0.6) is 5.75 Å². The number of hydrogen-bond donors (Lipinski definition) is 2. The predicted molar refractivity (Wildman–Crippen MR) is 114 cm³/mol. The number of anilines is 1. The molecule has 0 aliphatic rings. The van der Waals surface area contributed by atoms with Gasteiger partial charge in [0, 0.05) is 35.4 Å². The van der Waals surface area contributed by atoms with Crippen molar-refractivity contribution < 1.29 is 5.11 Å². The first kappa shape index (κ1) is 18.8. The van der Waals surface area contributed by atoms with Gasteiger partial charge in [-0.05, 0) is 64.5 Å². The fraction of sp³-hybridized carbons (Fsp3) is 0.118. The van der Waals surface area contributed by atoms with Crippen molar-refractivity contribution in [1.29, 1.82) is 0 Å². The molecule has 0 saturated heterocycles. The van der Waals surface area contributed by atoms with Crippen LogP contribution in [0.2, 0.25) is 0 Å². The van der Waals surface area contributed by atoms with E-state index in [4.69, 9.17) is 12.2 Å². The highest BCUT2D eigenvalue weighted by Crippen LogP contribution is 2.30. The smallest absolute Gasteiger partial charge is 0.216 e. The number of nitrogens with zero attached hydrogens (tertiary/aromatic N) is 4. The summed E-state index contributed by atoms with van der Waals surface area (Å²) in [5, 5.41) is 21.6. The van der Waals surface area contributed by atoms with Crippen LogP contribution in [-0.2, 0) is 0 Å². The molecule has 1 aromatic heterocycles. The van der Waals surface area contributed by atoms with E-state index in [2.05, 4.69) is 47.2 Å². The lowest BCUT2D eigenvalue weighted by Gasteiger charge is -2.12. The van der Waals surface area contributed by atoms with E-state index in [9.17, 15) is 5.11 Å². The average Bonchev–Trinajstić information content (AvgIpc) is 2.97. The minimum absolute atomic E-state index is 0.101. The summed E-state index contributed by atoms with van der Waals surface area (Å²) in [7, 11) is 3.97. The molecular weight excluding hydrogens is 482 g/mol. The van der Waals surface area contributed by atoms with Crippen LogP contribution >= 0.6 is 44.1 Å². The second-order valence-corrected chi connectivity index (χ2v) is 7.83. The number of hydrogen-bond acceptors (Lipinski definition) is 5. The van der Waals surface area contributed by atoms with Crippen molar-refractivity contribution in [3.63, 3.8) is 0 Å². The zero-order valence-electron chi connectivity index (χ0n) is 13.9. The zero-order valence-corrected chi connectivity index (χ0v) is 17.9. The van der Waals surface area contributed by atoms with Crippen LogP contribution in [0.3, 0.4) is 0 Å². The molecule has 0 aliphatic heterocycles. The summed E-state index contributed by atoms with van der Waals surface area (Å²) in [6.07, 6.45) is 1.54. The lowest BCUT2D eigenvalue weighted by atomic mass is 10.2. The van der Waals surface area contributed by atoms with Crippen LogP contribution in [0.1, 0.15) is 5.56 Å². The van der Waals surface area contributed by atoms with E-state index in [1.54, 1.807) is 12.1 Å². The van der Waals surface area contributed by atoms with Gasteiger partial charge in [0.25, 0.3) is 0 Å². The Morgan fingerprint density at radius 1 is 1.23 bits per heavy atom. The number of H-pyrrole nitrogens is 1. The normalized spacial score (nSPS) is 11.2. The molecule has 0 radical (unpaired) electrons. The lowest BCUT2D eigenvalue weighted by Crippen LogP contribution is -2.08. The lowest BCUT2D eigenvalue weighted by molar-refractivity contribution is 0.471. The molecule has 0 fully saturated rings. The van der Waals surface area contributed by atoms with Crippen LogP contribution in [0.4, 0.5) is 5.69 Å². The van der Waals surface area contributed by atoms with Crippen molar-refractivity contribution in [3.8, 4) is 17.1 Å². The quantitative estimate of drug-likeness (QED) is 0.402. The number of rotatable bonds is 4. The molecule has 0 spiro atoms. The number of phenolic OH excluding ortho intramolecular Hbond substituents is 1. The Morgan fingerprint density at radius 3 is 2.58 bits per heavy atom. The zero-order chi connectivity index (χ0) is 18.8. The molecule has 0 bridgehead atoms. The maximum atomic E-state index is 10.2. The minimum Gasteiger partial charge on any atom is -0.506 e. The van der Waals surface area contributed by atoms with Crippen molar-refractivity contribution in [2.45, 2.75) is 0 Å². The summed E-state index contributed by atoms with van der Waals surface area (Å²) in [4.78, 5) is 2.02. The Kier molecular flexibility index (Phi) is 5.59. The van der Waals surface area contributed by atoms with Crippen LogP contribution in [0.15, 0.2) is 50.4 Å². The second-order valence-electron chi connectivity index (χ2n) is 5.68. The molecule has 0 amide bonds. The molecule has 2 aromatic carbocycles. The number of phenols is 1. The molecule has 3 aromatic rings. The molecule has 9 heteroatoms. The number of aromatic hydroxyl groups is 1. The molecule has 134 valence electrons. The predicted octanol–water partition coefficient (Wildman–Crippen LogP) is 4.79. The largest absolute Gasteiger partial charge is 0.506 e. The monoisotopic (exact) mass is 495 g/mol. The third-order valence-corrected chi connectivity index (χ3v) is 4.99. The van der Waals surface area contributed by atoms with Crippen LogP contribution in [0.25, 0.3) is 11.4 Å². The van der Waals surface area contributed by atoms with Gasteiger partial charge in [-0.2, -0.15) is 14.9 Å². The Balaban J connectivity index is 2.00. The third kappa shape index (κ3) is 3.89.